The van der Waals surface area contributed by atoms with Crippen LogP contribution >= 0.6 is 0 Å². The van der Waals surface area contributed by atoms with Crippen LogP contribution in [0.3, 0.4) is 0 Å². The standard InChI is InChI=1S/C16H23N3O2S/c1-2-13-7-9-19(10-8-13)16-6-5-15(12-17-16)22(20,21)18-11-14-3-4-14/h2,5-6,12-14,18H,1,3-4,7-11H2. The van der Waals surface area contributed by atoms with Crippen LogP contribution < -0.4 is 9.62 Å². The molecule has 0 amide bonds. The minimum Gasteiger partial charge on any atom is -0.357 e. The van der Waals surface area contributed by atoms with Gasteiger partial charge in [0, 0.05) is 25.8 Å². The molecule has 5 nitrogen and oxygen atoms in total. The summed E-state index contributed by atoms with van der Waals surface area (Å²) in [5.41, 5.74) is 0. The number of hydrogen-bond donors (Lipinski definition) is 1. The SMILES string of the molecule is C=CC1CCN(c2ccc(S(=O)(=O)NCC3CC3)cn2)CC1. The summed E-state index contributed by atoms with van der Waals surface area (Å²) in [6, 6.07) is 3.46. The van der Waals surface area contributed by atoms with Crippen molar-refractivity contribution in [2.24, 2.45) is 11.8 Å². The monoisotopic (exact) mass is 321 g/mol. The summed E-state index contributed by atoms with van der Waals surface area (Å²) in [5, 5.41) is 0. The molecule has 6 heteroatoms. The average Bonchev–Trinajstić information content (AvgIpc) is 3.38. The molecule has 2 aliphatic rings. The van der Waals surface area contributed by atoms with Gasteiger partial charge in [-0.15, -0.1) is 6.58 Å². The summed E-state index contributed by atoms with van der Waals surface area (Å²) in [6.07, 6.45) is 7.89. The Bertz CT molecular complexity index is 615. The molecule has 0 aromatic carbocycles. The van der Waals surface area contributed by atoms with Gasteiger partial charge in [-0.3, -0.25) is 0 Å². The number of rotatable bonds is 6. The topological polar surface area (TPSA) is 62.3 Å². The Kier molecular flexibility index (Phi) is 4.49. The van der Waals surface area contributed by atoms with Gasteiger partial charge in [0.05, 0.1) is 0 Å². The Morgan fingerprint density at radius 2 is 2.00 bits per heavy atom. The first-order chi connectivity index (χ1) is 10.6. The van der Waals surface area contributed by atoms with Crippen LogP contribution in [0, 0.1) is 11.8 Å². The van der Waals surface area contributed by atoms with Gasteiger partial charge in [0.2, 0.25) is 10.0 Å². The quantitative estimate of drug-likeness (QED) is 0.816. The highest BCUT2D eigenvalue weighted by atomic mass is 32.2. The maximum absolute atomic E-state index is 12.2. The Morgan fingerprint density at radius 3 is 2.55 bits per heavy atom. The molecule has 1 aliphatic carbocycles. The molecular formula is C16H23N3O2S. The lowest BCUT2D eigenvalue weighted by Gasteiger charge is -2.31. The molecule has 1 aliphatic heterocycles. The van der Waals surface area contributed by atoms with Crippen molar-refractivity contribution in [1.82, 2.24) is 9.71 Å². The minimum absolute atomic E-state index is 0.248. The first-order valence-electron chi connectivity index (χ1n) is 7.92. The third-order valence-electron chi connectivity index (χ3n) is 4.49. The summed E-state index contributed by atoms with van der Waals surface area (Å²) in [6.45, 7) is 6.27. The number of piperidine rings is 1. The molecule has 1 saturated heterocycles. The molecule has 22 heavy (non-hydrogen) atoms. The van der Waals surface area contributed by atoms with E-state index in [9.17, 15) is 8.42 Å². The predicted molar refractivity (Wildman–Crippen MR) is 87.3 cm³/mol. The summed E-state index contributed by atoms with van der Waals surface area (Å²) in [5.74, 6) is 1.96. The summed E-state index contributed by atoms with van der Waals surface area (Å²) >= 11 is 0. The van der Waals surface area contributed by atoms with Crippen LogP contribution in [-0.4, -0.2) is 33.0 Å². The number of pyridine rings is 1. The number of hydrogen-bond acceptors (Lipinski definition) is 4. The molecule has 0 unspecified atom stereocenters. The first-order valence-corrected chi connectivity index (χ1v) is 9.40. The van der Waals surface area contributed by atoms with Crippen LogP contribution in [0.15, 0.2) is 35.9 Å². The van der Waals surface area contributed by atoms with Crippen LogP contribution in [-0.2, 0) is 10.0 Å². The van der Waals surface area contributed by atoms with Gasteiger partial charge in [0.15, 0.2) is 0 Å². The van der Waals surface area contributed by atoms with Crippen molar-refractivity contribution in [3.63, 3.8) is 0 Å². The van der Waals surface area contributed by atoms with E-state index in [1.807, 2.05) is 6.08 Å². The number of anilines is 1. The number of aromatic nitrogens is 1. The zero-order valence-corrected chi connectivity index (χ0v) is 13.6. The fourth-order valence-corrected chi connectivity index (χ4v) is 3.78. The van der Waals surface area contributed by atoms with Crippen LogP contribution in [0.4, 0.5) is 5.82 Å². The van der Waals surface area contributed by atoms with Crippen molar-refractivity contribution in [1.29, 1.82) is 0 Å². The third kappa shape index (κ3) is 3.67. The van der Waals surface area contributed by atoms with Gasteiger partial charge in [-0.25, -0.2) is 18.1 Å². The van der Waals surface area contributed by atoms with Gasteiger partial charge >= 0.3 is 0 Å². The molecule has 0 radical (unpaired) electrons. The maximum Gasteiger partial charge on any atom is 0.242 e. The Hall–Kier alpha value is -1.40. The highest BCUT2D eigenvalue weighted by Gasteiger charge is 2.24. The molecule has 1 N–H and O–H groups in total. The second kappa shape index (κ2) is 6.38. The molecule has 2 heterocycles. The Labute approximate surface area is 132 Å². The predicted octanol–water partition coefficient (Wildman–Crippen LogP) is 2.17. The van der Waals surface area contributed by atoms with E-state index < -0.39 is 10.0 Å². The van der Waals surface area contributed by atoms with Crippen molar-refractivity contribution < 1.29 is 8.42 Å². The molecule has 1 aromatic heterocycles. The van der Waals surface area contributed by atoms with Crippen LogP contribution in [0.2, 0.25) is 0 Å². The Balaban J connectivity index is 1.63. The zero-order chi connectivity index (χ0) is 15.6. The summed E-state index contributed by atoms with van der Waals surface area (Å²) in [7, 11) is -3.42. The third-order valence-corrected chi connectivity index (χ3v) is 5.90. The van der Waals surface area contributed by atoms with Crippen molar-refractivity contribution in [2.75, 3.05) is 24.5 Å². The molecular weight excluding hydrogens is 298 g/mol. The number of nitrogens with zero attached hydrogens (tertiary/aromatic N) is 2. The summed E-state index contributed by atoms with van der Waals surface area (Å²) < 4.78 is 27.0. The summed E-state index contributed by atoms with van der Waals surface area (Å²) in [4.78, 5) is 6.79. The Morgan fingerprint density at radius 1 is 1.27 bits per heavy atom. The molecule has 0 spiro atoms. The lowest BCUT2D eigenvalue weighted by atomic mass is 9.97. The smallest absolute Gasteiger partial charge is 0.242 e. The molecule has 0 bridgehead atoms. The normalized spacial score (nSPS) is 20.1. The molecule has 3 rings (SSSR count). The largest absolute Gasteiger partial charge is 0.357 e. The number of nitrogens with one attached hydrogen (secondary N) is 1. The lowest BCUT2D eigenvalue weighted by Crippen LogP contribution is -2.33. The van der Waals surface area contributed by atoms with E-state index >= 15 is 0 Å². The molecule has 1 saturated carbocycles. The van der Waals surface area contributed by atoms with Gasteiger partial charge in [-0.05, 0) is 49.7 Å². The van der Waals surface area contributed by atoms with E-state index in [0.29, 0.717) is 18.4 Å². The fourth-order valence-electron chi connectivity index (χ4n) is 2.72. The minimum atomic E-state index is -3.42. The number of allylic oxidation sites excluding steroid dienone is 1. The van der Waals surface area contributed by atoms with Gasteiger partial charge in [0.1, 0.15) is 10.7 Å². The molecule has 2 fully saturated rings. The molecule has 120 valence electrons. The van der Waals surface area contributed by atoms with Gasteiger partial charge in [-0.1, -0.05) is 6.08 Å². The van der Waals surface area contributed by atoms with Gasteiger partial charge in [-0.2, -0.15) is 0 Å². The van der Waals surface area contributed by atoms with E-state index in [0.717, 1.165) is 44.6 Å². The maximum atomic E-state index is 12.2. The second-order valence-electron chi connectivity index (χ2n) is 6.21. The van der Waals surface area contributed by atoms with Crippen molar-refractivity contribution in [3.05, 3.63) is 31.0 Å². The fraction of sp³-hybridized carbons (Fsp3) is 0.562. The lowest BCUT2D eigenvalue weighted by molar-refractivity contribution is 0.477. The van der Waals surface area contributed by atoms with Crippen molar-refractivity contribution >= 4 is 15.8 Å². The van der Waals surface area contributed by atoms with E-state index in [4.69, 9.17) is 0 Å². The van der Waals surface area contributed by atoms with Crippen molar-refractivity contribution in [2.45, 2.75) is 30.6 Å². The van der Waals surface area contributed by atoms with E-state index in [-0.39, 0.29) is 4.90 Å². The van der Waals surface area contributed by atoms with Gasteiger partial charge < -0.3 is 4.90 Å². The zero-order valence-electron chi connectivity index (χ0n) is 12.7. The van der Waals surface area contributed by atoms with E-state index in [2.05, 4.69) is 21.2 Å². The van der Waals surface area contributed by atoms with Crippen LogP contribution in [0.25, 0.3) is 0 Å². The van der Waals surface area contributed by atoms with Crippen LogP contribution in [0.1, 0.15) is 25.7 Å². The molecule has 1 aromatic rings. The first kappa shape index (κ1) is 15.5. The molecule has 0 atom stereocenters. The van der Waals surface area contributed by atoms with Crippen molar-refractivity contribution in [3.8, 4) is 0 Å². The highest BCUT2D eigenvalue weighted by Crippen LogP contribution is 2.28. The number of sulfonamides is 1. The van der Waals surface area contributed by atoms with E-state index in [1.165, 1.54) is 6.20 Å². The average molecular weight is 321 g/mol. The highest BCUT2D eigenvalue weighted by molar-refractivity contribution is 7.89. The second-order valence-corrected chi connectivity index (χ2v) is 7.97. The van der Waals surface area contributed by atoms with Gasteiger partial charge in [0.25, 0.3) is 0 Å². The van der Waals surface area contributed by atoms with E-state index in [1.54, 1.807) is 12.1 Å². The van der Waals surface area contributed by atoms with Crippen LogP contribution in [0.5, 0.6) is 0 Å².